The molecule has 0 spiro atoms. The van der Waals surface area contributed by atoms with E-state index in [-0.39, 0.29) is 10.8 Å². The SMILES string of the molecule is CC1(c2nc(N3CCC(N)C3)n[nH]2)CCCS1. The first kappa shape index (κ1) is 11.3. The topological polar surface area (TPSA) is 70.8 Å². The van der Waals surface area contributed by atoms with E-state index in [1.54, 1.807) is 0 Å². The average molecular weight is 253 g/mol. The van der Waals surface area contributed by atoms with E-state index in [0.29, 0.717) is 0 Å². The van der Waals surface area contributed by atoms with Crippen LogP contribution in [0, 0.1) is 0 Å². The molecule has 2 aliphatic heterocycles. The Hall–Kier alpha value is -0.750. The summed E-state index contributed by atoms with van der Waals surface area (Å²) >= 11 is 1.98. The van der Waals surface area contributed by atoms with Gasteiger partial charge in [0.25, 0.3) is 0 Å². The van der Waals surface area contributed by atoms with Crippen molar-refractivity contribution in [1.29, 1.82) is 0 Å². The fraction of sp³-hybridized carbons (Fsp3) is 0.818. The molecule has 0 radical (unpaired) electrons. The number of nitrogens with one attached hydrogen (secondary N) is 1. The van der Waals surface area contributed by atoms with Crippen LogP contribution in [-0.2, 0) is 4.75 Å². The second-order valence-electron chi connectivity index (χ2n) is 5.16. The van der Waals surface area contributed by atoms with Gasteiger partial charge in [-0.3, -0.25) is 5.10 Å². The Morgan fingerprint density at radius 2 is 2.47 bits per heavy atom. The zero-order chi connectivity index (χ0) is 11.9. The van der Waals surface area contributed by atoms with E-state index in [2.05, 4.69) is 27.0 Å². The van der Waals surface area contributed by atoms with E-state index in [4.69, 9.17) is 5.73 Å². The summed E-state index contributed by atoms with van der Waals surface area (Å²) in [5, 5.41) is 7.46. The molecule has 17 heavy (non-hydrogen) atoms. The number of H-pyrrole nitrogens is 1. The normalized spacial score (nSPS) is 33.5. The van der Waals surface area contributed by atoms with Gasteiger partial charge in [0.1, 0.15) is 5.82 Å². The molecule has 0 aliphatic carbocycles. The third-order valence-electron chi connectivity index (χ3n) is 3.70. The van der Waals surface area contributed by atoms with Crippen LogP contribution in [0.15, 0.2) is 0 Å². The molecule has 1 aromatic rings. The highest BCUT2D eigenvalue weighted by Crippen LogP contribution is 2.44. The van der Waals surface area contributed by atoms with Crippen LogP contribution in [0.4, 0.5) is 5.95 Å². The Morgan fingerprint density at radius 1 is 1.59 bits per heavy atom. The molecule has 2 saturated heterocycles. The summed E-state index contributed by atoms with van der Waals surface area (Å²) < 4.78 is 0.132. The molecule has 94 valence electrons. The summed E-state index contributed by atoms with van der Waals surface area (Å²) in [6.45, 7) is 4.11. The molecule has 3 rings (SSSR count). The molecule has 3 N–H and O–H groups in total. The standard InChI is InChI=1S/C11H19N5S/c1-11(4-2-6-17-11)9-13-10(15-14-9)16-5-3-8(12)7-16/h8H,2-7,12H2,1H3,(H,13,14,15). The van der Waals surface area contributed by atoms with Gasteiger partial charge < -0.3 is 10.6 Å². The largest absolute Gasteiger partial charge is 0.338 e. The molecule has 0 saturated carbocycles. The van der Waals surface area contributed by atoms with Crippen molar-refractivity contribution in [1.82, 2.24) is 15.2 Å². The monoisotopic (exact) mass is 253 g/mol. The van der Waals surface area contributed by atoms with Crippen LogP contribution in [0.3, 0.4) is 0 Å². The Morgan fingerprint density at radius 3 is 3.12 bits per heavy atom. The molecule has 0 bridgehead atoms. The number of aromatic amines is 1. The highest BCUT2D eigenvalue weighted by Gasteiger charge is 2.35. The minimum Gasteiger partial charge on any atom is -0.338 e. The highest BCUT2D eigenvalue weighted by molar-refractivity contribution is 8.00. The molecule has 2 atom stereocenters. The quantitative estimate of drug-likeness (QED) is 0.825. The lowest BCUT2D eigenvalue weighted by Gasteiger charge is -2.18. The summed E-state index contributed by atoms with van der Waals surface area (Å²) in [6, 6.07) is 0.272. The second-order valence-corrected chi connectivity index (χ2v) is 6.76. The molecule has 0 aromatic carbocycles. The molecule has 2 unspecified atom stereocenters. The first-order valence-corrected chi connectivity index (χ1v) is 7.23. The Balaban J connectivity index is 1.78. The number of anilines is 1. The van der Waals surface area contributed by atoms with Crippen LogP contribution in [0.1, 0.15) is 32.0 Å². The summed E-state index contributed by atoms with van der Waals surface area (Å²) in [5.41, 5.74) is 5.91. The minimum atomic E-state index is 0.132. The summed E-state index contributed by atoms with van der Waals surface area (Å²) in [6.07, 6.45) is 3.49. The highest BCUT2D eigenvalue weighted by atomic mass is 32.2. The van der Waals surface area contributed by atoms with Gasteiger partial charge in [0, 0.05) is 19.1 Å². The maximum Gasteiger partial charge on any atom is 0.244 e. The van der Waals surface area contributed by atoms with E-state index < -0.39 is 0 Å². The first-order valence-electron chi connectivity index (χ1n) is 6.25. The predicted octanol–water partition coefficient (Wildman–Crippen LogP) is 1.08. The maximum absolute atomic E-state index is 5.91. The van der Waals surface area contributed by atoms with Gasteiger partial charge in [-0.25, -0.2) is 0 Å². The van der Waals surface area contributed by atoms with Crippen LogP contribution >= 0.6 is 11.8 Å². The molecule has 3 heterocycles. The number of thioether (sulfide) groups is 1. The smallest absolute Gasteiger partial charge is 0.244 e. The van der Waals surface area contributed by atoms with Gasteiger partial charge in [0.15, 0.2) is 0 Å². The zero-order valence-electron chi connectivity index (χ0n) is 10.1. The Kier molecular flexibility index (Phi) is 2.78. The molecule has 5 nitrogen and oxygen atoms in total. The molecule has 2 fully saturated rings. The van der Waals surface area contributed by atoms with Crippen molar-refractivity contribution >= 4 is 17.7 Å². The van der Waals surface area contributed by atoms with Crippen LogP contribution in [-0.4, -0.2) is 40.1 Å². The third kappa shape index (κ3) is 2.04. The number of nitrogens with zero attached hydrogens (tertiary/aromatic N) is 3. The van der Waals surface area contributed by atoms with Gasteiger partial charge in [-0.15, -0.1) is 16.9 Å². The van der Waals surface area contributed by atoms with Crippen molar-refractivity contribution in [3.63, 3.8) is 0 Å². The van der Waals surface area contributed by atoms with Crippen molar-refractivity contribution in [2.24, 2.45) is 5.73 Å². The van der Waals surface area contributed by atoms with Gasteiger partial charge in [-0.1, -0.05) is 0 Å². The molecule has 0 amide bonds. The fourth-order valence-corrected chi connectivity index (χ4v) is 3.82. The number of aromatic nitrogens is 3. The van der Waals surface area contributed by atoms with E-state index in [1.165, 1.54) is 18.6 Å². The predicted molar refractivity (Wildman–Crippen MR) is 70.2 cm³/mol. The molecular weight excluding hydrogens is 234 g/mol. The number of rotatable bonds is 2. The molecule has 1 aromatic heterocycles. The first-order chi connectivity index (χ1) is 8.17. The van der Waals surface area contributed by atoms with Gasteiger partial charge in [-0.2, -0.15) is 4.98 Å². The Labute approximate surface area is 106 Å². The number of nitrogens with two attached hydrogens (primary N) is 1. The van der Waals surface area contributed by atoms with Gasteiger partial charge in [0.2, 0.25) is 5.95 Å². The van der Waals surface area contributed by atoms with Crippen LogP contribution in [0.2, 0.25) is 0 Å². The van der Waals surface area contributed by atoms with Gasteiger partial charge in [0.05, 0.1) is 4.75 Å². The summed E-state index contributed by atoms with van der Waals surface area (Å²) in [5.74, 6) is 3.07. The second kappa shape index (κ2) is 4.17. The van der Waals surface area contributed by atoms with Crippen LogP contribution < -0.4 is 10.6 Å². The van der Waals surface area contributed by atoms with Crippen molar-refractivity contribution in [2.45, 2.75) is 37.0 Å². The van der Waals surface area contributed by atoms with Crippen LogP contribution in [0.5, 0.6) is 0 Å². The van der Waals surface area contributed by atoms with E-state index in [0.717, 1.165) is 31.3 Å². The van der Waals surface area contributed by atoms with E-state index >= 15 is 0 Å². The maximum atomic E-state index is 5.91. The third-order valence-corrected chi connectivity index (χ3v) is 5.23. The zero-order valence-corrected chi connectivity index (χ0v) is 11.0. The van der Waals surface area contributed by atoms with Gasteiger partial charge in [-0.05, 0) is 31.9 Å². The lowest BCUT2D eigenvalue weighted by Crippen LogP contribution is -2.27. The molecule has 6 heteroatoms. The van der Waals surface area contributed by atoms with Gasteiger partial charge >= 0.3 is 0 Å². The van der Waals surface area contributed by atoms with Crippen LogP contribution in [0.25, 0.3) is 0 Å². The number of hydrogen-bond acceptors (Lipinski definition) is 5. The lowest BCUT2D eigenvalue weighted by molar-refractivity contribution is 0.607. The van der Waals surface area contributed by atoms with Crippen molar-refractivity contribution in [3.8, 4) is 0 Å². The van der Waals surface area contributed by atoms with Crippen molar-refractivity contribution in [2.75, 3.05) is 23.7 Å². The van der Waals surface area contributed by atoms with E-state index in [9.17, 15) is 0 Å². The lowest BCUT2D eigenvalue weighted by atomic mass is 10.1. The molecular formula is C11H19N5S. The summed E-state index contributed by atoms with van der Waals surface area (Å²) in [4.78, 5) is 6.84. The molecule has 2 aliphatic rings. The average Bonchev–Trinajstić information content (AvgIpc) is 2.96. The van der Waals surface area contributed by atoms with E-state index in [1.807, 2.05) is 11.8 Å². The fourth-order valence-electron chi connectivity index (χ4n) is 2.57. The van der Waals surface area contributed by atoms with Crippen molar-refractivity contribution < 1.29 is 0 Å². The number of hydrogen-bond donors (Lipinski definition) is 2. The minimum absolute atomic E-state index is 0.132. The Bertz CT molecular complexity index is 398. The summed E-state index contributed by atoms with van der Waals surface area (Å²) in [7, 11) is 0. The van der Waals surface area contributed by atoms with Crippen molar-refractivity contribution in [3.05, 3.63) is 5.82 Å².